The molecular formula is C22H26N2O4. The molecule has 1 unspecified atom stereocenters. The molecule has 0 fully saturated rings. The van der Waals surface area contributed by atoms with Crippen LogP contribution in [0.4, 0.5) is 0 Å². The Balaban J connectivity index is 2.07. The zero-order valence-corrected chi connectivity index (χ0v) is 16.5. The molecule has 0 saturated carbocycles. The van der Waals surface area contributed by atoms with Gasteiger partial charge in [-0.05, 0) is 55.7 Å². The molecule has 2 aromatic carbocycles. The first-order valence-corrected chi connectivity index (χ1v) is 9.38. The molecule has 0 heterocycles. The minimum Gasteiger partial charge on any atom is -0.494 e. The van der Waals surface area contributed by atoms with Crippen LogP contribution in [-0.2, 0) is 9.59 Å². The van der Waals surface area contributed by atoms with Gasteiger partial charge >= 0.3 is 0 Å². The number of rotatable bonds is 9. The molecule has 6 nitrogen and oxygen atoms in total. The van der Waals surface area contributed by atoms with Crippen molar-refractivity contribution in [1.29, 1.82) is 0 Å². The zero-order chi connectivity index (χ0) is 20.5. The van der Waals surface area contributed by atoms with Crippen LogP contribution >= 0.6 is 0 Å². The summed E-state index contributed by atoms with van der Waals surface area (Å²) >= 11 is 0. The first-order valence-electron chi connectivity index (χ1n) is 9.38. The number of carbonyl (C=O) groups is 3. The lowest BCUT2D eigenvalue weighted by Crippen LogP contribution is -2.50. The molecule has 0 bridgehead atoms. The molecule has 0 radical (unpaired) electrons. The second-order valence-corrected chi connectivity index (χ2v) is 6.34. The lowest BCUT2D eigenvalue weighted by molar-refractivity contribution is -0.130. The minimum absolute atomic E-state index is 0.379. The Kier molecular flexibility index (Phi) is 7.75. The van der Waals surface area contributed by atoms with Crippen molar-refractivity contribution in [1.82, 2.24) is 10.6 Å². The smallest absolute Gasteiger partial charge is 0.252 e. The fourth-order valence-electron chi connectivity index (χ4n) is 2.64. The predicted octanol–water partition coefficient (Wildman–Crippen LogP) is 2.97. The average Bonchev–Trinajstić information content (AvgIpc) is 2.70. The Labute approximate surface area is 165 Å². The Bertz CT molecular complexity index is 813. The van der Waals surface area contributed by atoms with E-state index in [1.54, 1.807) is 12.1 Å². The van der Waals surface area contributed by atoms with Crippen molar-refractivity contribution in [3.05, 3.63) is 54.1 Å². The van der Waals surface area contributed by atoms with Crippen LogP contribution in [0.15, 0.2) is 48.5 Å². The van der Waals surface area contributed by atoms with Gasteiger partial charge in [0.1, 0.15) is 5.75 Å². The fraction of sp³-hybridized carbons (Fsp3) is 0.318. The van der Waals surface area contributed by atoms with Crippen LogP contribution in [0, 0.1) is 0 Å². The SMILES string of the molecule is CCCNC(=O)C(NC(=O)c1ccc(-c2ccc(OCC)cc2)cc1)C(C)=O. The van der Waals surface area contributed by atoms with E-state index < -0.39 is 23.6 Å². The molecule has 0 aliphatic heterocycles. The quantitative estimate of drug-likeness (QED) is 0.653. The molecule has 0 aromatic heterocycles. The van der Waals surface area contributed by atoms with E-state index in [1.165, 1.54) is 6.92 Å². The monoisotopic (exact) mass is 382 g/mol. The van der Waals surface area contributed by atoms with E-state index in [-0.39, 0.29) is 0 Å². The first kappa shape index (κ1) is 21.2. The molecule has 0 aliphatic rings. The van der Waals surface area contributed by atoms with Crippen LogP contribution < -0.4 is 15.4 Å². The van der Waals surface area contributed by atoms with E-state index >= 15 is 0 Å². The lowest BCUT2D eigenvalue weighted by Gasteiger charge is -2.15. The number of nitrogens with one attached hydrogen (secondary N) is 2. The number of benzene rings is 2. The number of hydrogen-bond donors (Lipinski definition) is 2. The summed E-state index contributed by atoms with van der Waals surface area (Å²) < 4.78 is 5.43. The van der Waals surface area contributed by atoms with Crippen molar-refractivity contribution in [2.75, 3.05) is 13.2 Å². The standard InChI is InChI=1S/C22H26N2O4/c1-4-14-23-22(27)20(15(3)25)24-21(26)18-8-6-16(7-9-18)17-10-12-19(13-11-17)28-5-2/h6-13,20H,4-5,14H2,1-3H3,(H,23,27)(H,24,26). The molecule has 2 amide bonds. The van der Waals surface area contributed by atoms with Crippen molar-refractivity contribution in [2.45, 2.75) is 33.2 Å². The fourth-order valence-corrected chi connectivity index (χ4v) is 2.64. The number of ketones is 1. The number of carbonyl (C=O) groups excluding carboxylic acids is 3. The average molecular weight is 382 g/mol. The summed E-state index contributed by atoms with van der Waals surface area (Å²) in [4.78, 5) is 36.3. The van der Waals surface area contributed by atoms with Gasteiger partial charge in [-0.3, -0.25) is 14.4 Å². The van der Waals surface area contributed by atoms with Gasteiger partial charge in [0.05, 0.1) is 6.61 Å². The van der Waals surface area contributed by atoms with Crippen molar-refractivity contribution >= 4 is 17.6 Å². The summed E-state index contributed by atoms with van der Waals surface area (Å²) in [6.45, 7) is 6.19. The molecule has 2 rings (SSSR count). The maximum absolute atomic E-state index is 12.4. The summed E-state index contributed by atoms with van der Waals surface area (Å²) in [5.41, 5.74) is 2.32. The topological polar surface area (TPSA) is 84.5 Å². The van der Waals surface area contributed by atoms with E-state index in [4.69, 9.17) is 4.74 Å². The largest absolute Gasteiger partial charge is 0.494 e. The van der Waals surface area contributed by atoms with Crippen molar-refractivity contribution in [3.63, 3.8) is 0 Å². The van der Waals surface area contributed by atoms with Gasteiger partial charge in [0.15, 0.2) is 11.8 Å². The van der Waals surface area contributed by atoms with Gasteiger partial charge in [-0.25, -0.2) is 0 Å². The number of amides is 2. The van der Waals surface area contributed by atoms with Crippen LogP contribution in [0.5, 0.6) is 5.75 Å². The summed E-state index contributed by atoms with van der Waals surface area (Å²) in [5, 5.41) is 5.14. The third-order valence-corrected chi connectivity index (χ3v) is 4.14. The van der Waals surface area contributed by atoms with Gasteiger partial charge < -0.3 is 15.4 Å². The highest BCUT2D eigenvalue weighted by Crippen LogP contribution is 2.23. The molecule has 2 N–H and O–H groups in total. The highest BCUT2D eigenvalue weighted by Gasteiger charge is 2.25. The summed E-state index contributed by atoms with van der Waals surface area (Å²) in [6.07, 6.45) is 0.747. The van der Waals surface area contributed by atoms with Crippen LogP contribution in [-0.4, -0.2) is 36.8 Å². The van der Waals surface area contributed by atoms with Gasteiger partial charge in [-0.15, -0.1) is 0 Å². The van der Waals surface area contributed by atoms with E-state index in [0.29, 0.717) is 18.7 Å². The molecule has 0 aliphatic carbocycles. The van der Waals surface area contributed by atoms with Gasteiger partial charge in [0.2, 0.25) is 5.91 Å². The van der Waals surface area contributed by atoms with Crippen LogP contribution in [0.25, 0.3) is 11.1 Å². The Morgan fingerprint density at radius 3 is 2.00 bits per heavy atom. The third kappa shape index (κ3) is 5.67. The predicted molar refractivity (Wildman–Crippen MR) is 108 cm³/mol. The van der Waals surface area contributed by atoms with Crippen molar-refractivity contribution in [2.24, 2.45) is 0 Å². The van der Waals surface area contributed by atoms with Crippen LogP contribution in [0.3, 0.4) is 0 Å². The molecule has 148 valence electrons. The molecule has 0 saturated heterocycles. The van der Waals surface area contributed by atoms with E-state index in [1.807, 2.05) is 50.2 Å². The number of ether oxygens (including phenoxy) is 1. The Morgan fingerprint density at radius 1 is 0.929 bits per heavy atom. The molecule has 0 spiro atoms. The zero-order valence-electron chi connectivity index (χ0n) is 16.5. The highest BCUT2D eigenvalue weighted by atomic mass is 16.5. The van der Waals surface area contributed by atoms with Gasteiger partial charge in [0, 0.05) is 12.1 Å². The highest BCUT2D eigenvalue weighted by molar-refractivity contribution is 6.09. The summed E-state index contributed by atoms with van der Waals surface area (Å²) in [7, 11) is 0. The summed E-state index contributed by atoms with van der Waals surface area (Å²) in [5.74, 6) is -0.564. The Morgan fingerprint density at radius 2 is 1.50 bits per heavy atom. The normalized spacial score (nSPS) is 11.4. The summed E-state index contributed by atoms with van der Waals surface area (Å²) in [6, 6.07) is 13.5. The van der Waals surface area contributed by atoms with E-state index in [0.717, 1.165) is 23.3 Å². The van der Waals surface area contributed by atoms with Crippen molar-refractivity contribution < 1.29 is 19.1 Å². The third-order valence-electron chi connectivity index (χ3n) is 4.14. The molecule has 1 atom stereocenters. The maximum Gasteiger partial charge on any atom is 0.252 e. The van der Waals surface area contributed by atoms with Gasteiger partial charge in [-0.1, -0.05) is 31.2 Å². The van der Waals surface area contributed by atoms with Gasteiger partial charge in [-0.2, -0.15) is 0 Å². The van der Waals surface area contributed by atoms with Crippen molar-refractivity contribution in [3.8, 4) is 16.9 Å². The van der Waals surface area contributed by atoms with E-state index in [2.05, 4.69) is 10.6 Å². The molecule has 6 heteroatoms. The maximum atomic E-state index is 12.4. The van der Waals surface area contributed by atoms with Crippen LogP contribution in [0.2, 0.25) is 0 Å². The molecular weight excluding hydrogens is 356 g/mol. The first-order chi connectivity index (χ1) is 13.5. The number of Topliss-reactive ketones (excluding diaryl/α,β-unsaturated/α-hetero) is 1. The second-order valence-electron chi connectivity index (χ2n) is 6.34. The lowest BCUT2D eigenvalue weighted by atomic mass is 10.0. The molecule has 2 aromatic rings. The molecule has 28 heavy (non-hydrogen) atoms. The Hall–Kier alpha value is -3.15. The van der Waals surface area contributed by atoms with E-state index in [9.17, 15) is 14.4 Å². The van der Waals surface area contributed by atoms with Crippen LogP contribution in [0.1, 0.15) is 37.6 Å². The van der Waals surface area contributed by atoms with Gasteiger partial charge in [0.25, 0.3) is 5.91 Å². The number of hydrogen-bond acceptors (Lipinski definition) is 4. The second kappa shape index (κ2) is 10.3. The minimum atomic E-state index is -1.19.